The molecule has 0 aliphatic heterocycles. The minimum absolute atomic E-state index is 0.0167. The molecule has 3 aromatic rings. The van der Waals surface area contributed by atoms with Gasteiger partial charge in [0, 0.05) is 23.2 Å². The molecule has 212 valence electrons. The molecule has 0 aliphatic rings. The molecule has 0 fully saturated rings. The molecule has 0 unspecified atom stereocenters. The largest absolute Gasteiger partial charge is 0.465 e. The van der Waals surface area contributed by atoms with Gasteiger partial charge in [0.1, 0.15) is 18.1 Å². The standard InChI is InChI=1S/C29H34N4O6S/c1-5-38-26(34)19-33(18-20-9-8-10-22(17-20)27(30)31)28(35)39-23-15-13-21(14-16-23)24-11-6-7-12-25(24)40(36,37)32-29(2,3)4/h6-17,32H,5,18-19H2,1-4H3,(H3,30,31). The predicted octanol–water partition coefficient (Wildman–Crippen LogP) is 4.28. The SMILES string of the molecule is CCOC(=O)CN(Cc1cccc(C(=N)N)c1)C(=O)Oc1ccc(-c2ccccc2S(=O)(=O)NC(C)(C)C)cc1. The first-order valence-electron chi connectivity index (χ1n) is 12.6. The van der Waals surface area contributed by atoms with Crippen LogP contribution in [0.4, 0.5) is 4.79 Å². The smallest absolute Gasteiger partial charge is 0.416 e. The highest BCUT2D eigenvalue weighted by atomic mass is 32.2. The van der Waals surface area contributed by atoms with Crippen molar-refractivity contribution in [2.24, 2.45) is 5.73 Å². The lowest BCUT2D eigenvalue weighted by Gasteiger charge is -2.22. The van der Waals surface area contributed by atoms with Crippen molar-refractivity contribution in [3.05, 3.63) is 83.9 Å². The van der Waals surface area contributed by atoms with Crippen molar-refractivity contribution in [2.45, 2.75) is 44.7 Å². The number of amides is 1. The predicted molar refractivity (Wildman–Crippen MR) is 152 cm³/mol. The Balaban J connectivity index is 1.83. The highest BCUT2D eigenvalue weighted by Gasteiger charge is 2.25. The van der Waals surface area contributed by atoms with Crippen molar-refractivity contribution in [1.29, 1.82) is 5.41 Å². The fourth-order valence-corrected chi connectivity index (χ4v) is 5.52. The normalized spacial score (nSPS) is 11.5. The van der Waals surface area contributed by atoms with Crippen LogP contribution < -0.4 is 15.2 Å². The van der Waals surface area contributed by atoms with Crippen molar-refractivity contribution >= 4 is 27.9 Å². The van der Waals surface area contributed by atoms with Gasteiger partial charge in [-0.3, -0.25) is 15.1 Å². The van der Waals surface area contributed by atoms with Gasteiger partial charge in [0.05, 0.1) is 11.5 Å². The van der Waals surface area contributed by atoms with Crippen molar-refractivity contribution in [3.63, 3.8) is 0 Å². The van der Waals surface area contributed by atoms with E-state index in [1.54, 1.807) is 94.4 Å². The number of ether oxygens (including phenoxy) is 2. The molecule has 0 saturated heterocycles. The molecule has 3 rings (SSSR count). The minimum atomic E-state index is -3.80. The van der Waals surface area contributed by atoms with E-state index in [0.717, 1.165) is 0 Å². The number of hydrogen-bond acceptors (Lipinski definition) is 7. The Kier molecular flexibility index (Phi) is 9.67. The second-order valence-corrected chi connectivity index (χ2v) is 11.7. The van der Waals surface area contributed by atoms with Crippen LogP contribution in [0.5, 0.6) is 5.75 Å². The molecule has 0 radical (unpaired) electrons. The summed E-state index contributed by atoms with van der Waals surface area (Å²) in [6.45, 7) is 6.79. The summed E-state index contributed by atoms with van der Waals surface area (Å²) >= 11 is 0. The third-order valence-corrected chi connectivity index (χ3v) is 7.30. The van der Waals surface area contributed by atoms with E-state index in [0.29, 0.717) is 22.3 Å². The Morgan fingerprint density at radius 3 is 2.30 bits per heavy atom. The zero-order valence-corrected chi connectivity index (χ0v) is 23.7. The Morgan fingerprint density at radius 1 is 1.00 bits per heavy atom. The number of nitrogens with two attached hydrogens (primary N) is 1. The van der Waals surface area contributed by atoms with Crippen molar-refractivity contribution in [2.75, 3.05) is 13.2 Å². The first-order chi connectivity index (χ1) is 18.8. The van der Waals surface area contributed by atoms with Crippen LogP contribution in [0.1, 0.15) is 38.8 Å². The van der Waals surface area contributed by atoms with E-state index >= 15 is 0 Å². The van der Waals surface area contributed by atoms with Gasteiger partial charge >= 0.3 is 12.1 Å². The number of rotatable bonds is 10. The monoisotopic (exact) mass is 566 g/mol. The van der Waals surface area contributed by atoms with Crippen LogP contribution in [0.15, 0.2) is 77.7 Å². The number of benzene rings is 3. The van der Waals surface area contributed by atoms with E-state index in [2.05, 4.69) is 4.72 Å². The zero-order valence-electron chi connectivity index (χ0n) is 22.9. The molecule has 0 aromatic heterocycles. The average Bonchev–Trinajstić information content (AvgIpc) is 2.87. The van der Waals surface area contributed by atoms with Gasteiger partial charge in [0.25, 0.3) is 0 Å². The summed E-state index contributed by atoms with van der Waals surface area (Å²) in [6.07, 6.45) is -0.786. The van der Waals surface area contributed by atoms with Crippen LogP contribution in [0, 0.1) is 5.41 Å². The summed E-state index contributed by atoms with van der Waals surface area (Å²) in [6, 6.07) is 19.8. The molecule has 40 heavy (non-hydrogen) atoms. The maximum atomic E-state index is 13.1. The average molecular weight is 567 g/mol. The third kappa shape index (κ3) is 8.39. The number of sulfonamides is 1. The van der Waals surface area contributed by atoms with Crippen LogP contribution in [0.2, 0.25) is 0 Å². The van der Waals surface area contributed by atoms with Crippen LogP contribution in [0.25, 0.3) is 11.1 Å². The third-order valence-electron chi connectivity index (χ3n) is 5.48. The summed E-state index contributed by atoms with van der Waals surface area (Å²) in [7, 11) is -3.80. The van der Waals surface area contributed by atoms with Crippen LogP contribution in [0.3, 0.4) is 0 Å². The fourth-order valence-electron chi connectivity index (χ4n) is 3.87. The van der Waals surface area contributed by atoms with Gasteiger partial charge < -0.3 is 15.2 Å². The highest BCUT2D eigenvalue weighted by molar-refractivity contribution is 7.89. The second-order valence-electron chi connectivity index (χ2n) is 10.0. The quantitative estimate of drug-likeness (QED) is 0.188. The summed E-state index contributed by atoms with van der Waals surface area (Å²) in [4.78, 5) is 26.6. The van der Waals surface area contributed by atoms with Gasteiger partial charge in [-0.05, 0) is 63.1 Å². The van der Waals surface area contributed by atoms with Crippen LogP contribution in [-0.2, 0) is 26.1 Å². The molecular formula is C29H34N4O6S. The maximum Gasteiger partial charge on any atom is 0.416 e. The minimum Gasteiger partial charge on any atom is -0.465 e. The first kappa shape index (κ1) is 30.3. The Hall–Kier alpha value is -4.22. The lowest BCUT2D eigenvalue weighted by Crippen LogP contribution is -2.40. The molecule has 0 saturated carbocycles. The molecule has 0 bridgehead atoms. The number of esters is 1. The first-order valence-corrected chi connectivity index (χ1v) is 14.1. The molecule has 0 atom stereocenters. The molecule has 3 aromatic carbocycles. The Morgan fingerprint density at radius 2 is 1.68 bits per heavy atom. The number of amidine groups is 1. The van der Waals surface area contributed by atoms with E-state index in [4.69, 9.17) is 20.6 Å². The van der Waals surface area contributed by atoms with E-state index in [-0.39, 0.29) is 36.2 Å². The molecule has 0 aliphatic carbocycles. The van der Waals surface area contributed by atoms with Gasteiger partial charge in [-0.25, -0.2) is 17.9 Å². The molecule has 10 nitrogen and oxygen atoms in total. The number of nitrogen functional groups attached to an aromatic ring is 1. The number of nitrogens with zero attached hydrogens (tertiary/aromatic N) is 1. The van der Waals surface area contributed by atoms with E-state index in [9.17, 15) is 18.0 Å². The van der Waals surface area contributed by atoms with Crippen molar-refractivity contribution in [1.82, 2.24) is 9.62 Å². The van der Waals surface area contributed by atoms with E-state index in [1.165, 1.54) is 11.0 Å². The number of hydrogen-bond donors (Lipinski definition) is 3. The Bertz CT molecular complexity index is 1480. The molecule has 4 N–H and O–H groups in total. The second kappa shape index (κ2) is 12.8. The topological polar surface area (TPSA) is 152 Å². The van der Waals surface area contributed by atoms with Crippen LogP contribution in [-0.4, -0.2) is 49.9 Å². The fraction of sp³-hybridized carbons (Fsp3) is 0.276. The summed E-state index contributed by atoms with van der Waals surface area (Å²) in [5.41, 5.74) is 7.15. The summed E-state index contributed by atoms with van der Waals surface area (Å²) < 4.78 is 39.3. The molecule has 11 heteroatoms. The van der Waals surface area contributed by atoms with E-state index < -0.39 is 27.6 Å². The Labute approximate surface area is 234 Å². The lowest BCUT2D eigenvalue weighted by atomic mass is 10.1. The molecule has 1 amide bonds. The highest BCUT2D eigenvalue weighted by Crippen LogP contribution is 2.29. The van der Waals surface area contributed by atoms with Gasteiger partial charge in [-0.2, -0.15) is 0 Å². The molecule has 0 heterocycles. The number of carbonyl (C=O) groups excluding carboxylic acids is 2. The molecular weight excluding hydrogens is 532 g/mol. The summed E-state index contributed by atoms with van der Waals surface area (Å²) in [5, 5.41) is 7.64. The van der Waals surface area contributed by atoms with Gasteiger partial charge in [0.15, 0.2) is 0 Å². The number of carbonyl (C=O) groups is 2. The van der Waals surface area contributed by atoms with Crippen molar-refractivity contribution < 1.29 is 27.5 Å². The molecule has 0 spiro atoms. The van der Waals surface area contributed by atoms with Gasteiger partial charge in [-0.1, -0.05) is 48.5 Å². The van der Waals surface area contributed by atoms with Gasteiger partial charge in [-0.15, -0.1) is 0 Å². The number of nitrogens with one attached hydrogen (secondary N) is 2. The maximum absolute atomic E-state index is 13.1. The zero-order chi connectivity index (χ0) is 29.5. The van der Waals surface area contributed by atoms with Crippen molar-refractivity contribution in [3.8, 4) is 16.9 Å². The lowest BCUT2D eigenvalue weighted by molar-refractivity contribution is -0.144. The van der Waals surface area contributed by atoms with E-state index in [1.807, 2.05) is 0 Å². The summed E-state index contributed by atoms with van der Waals surface area (Å²) in [5.74, 6) is -0.516. The van der Waals surface area contributed by atoms with Crippen LogP contribution >= 0.6 is 0 Å². The van der Waals surface area contributed by atoms with Gasteiger partial charge in [0.2, 0.25) is 10.0 Å².